The maximum Gasteiger partial charge on any atom is 0.416 e. The molecule has 1 N–H and O–H groups in total. The zero-order valence-corrected chi connectivity index (χ0v) is 11.3. The van der Waals surface area contributed by atoms with Crippen molar-refractivity contribution in [3.05, 3.63) is 48.0 Å². The van der Waals surface area contributed by atoms with Crippen molar-refractivity contribution in [3.8, 4) is 0 Å². The molecule has 0 fully saturated rings. The van der Waals surface area contributed by atoms with E-state index in [9.17, 15) is 18.0 Å². The molecule has 0 radical (unpaired) electrons. The second-order valence-corrected chi connectivity index (χ2v) is 4.33. The van der Waals surface area contributed by atoms with Crippen LogP contribution in [0.4, 0.5) is 13.2 Å². The molecule has 0 aliphatic rings. The van der Waals surface area contributed by atoms with Gasteiger partial charge in [-0.25, -0.2) is 4.79 Å². The number of hydrogen-bond donors (Lipinski definition) is 1. The SMILES string of the molecule is C=CCNC(C)(C(=O)OC)c1ccccc1C(F)(F)F. The number of nitrogens with one attached hydrogen (secondary N) is 1. The van der Waals surface area contributed by atoms with Gasteiger partial charge in [0.05, 0.1) is 12.7 Å². The number of alkyl halides is 3. The monoisotopic (exact) mass is 287 g/mol. The van der Waals surface area contributed by atoms with Gasteiger partial charge in [0.15, 0.2) is 0 Å². The Labute approximate surface area is 115 Å². The van der Waals surface area contributed by atoms with Crippen molar-refractivity contribution >= 4 is 5.97 Å². The van der Waals surface area contributed by atoms with Crippen LogP contribution in [-0.2, 0) is 21.2 Å². The Morgan fingerprint density at radius 1 is 1.35 bits per heavy atom. The molecule has 0 aromatic heterocycles. The summed E-state index contributed by atoms with van der Waals surface area (Å²) in [4.78, 5) is 11.9. The lowest BCUT2D eigenvalue weighted by Gasteiger charge is -2.30. The van der Waals surface area contributed by atoms with E-state index in [1.54, 1.807) is 0 Å². The molecule has 1 unspecified atom stereocenters. The van der Waals surface area contributed by atoms with E-state index in [1.807, 2.05) is 0 Å². The number of benzene rings is 1. The highest BCUT2D eigenvalue weighted by molar-refractivity contribution is 5.82. The van der Waals surface area contributed by atoms with Crippen molar-refractivity contribution in [1.82, 2.24) is 5.32 Å². The third kappa shape index (κ3) is 3.19. The van der Waals surface area contributed by atoms with E-state index in [-0.39, 0.29) is 12.1 Å². The summed E-state index contributed by atoms with van der Waals surface area (Å²) in [7, 11) is 1.13. The average molecular weight is 287 g/mol. The molecule has 0 amide bonds. The Morgan fingerprint density at radius 3 is 2.35 bits per heavy atom. The van der Waals surface area contributed by atoms with Crippen LogP contribution in [0.15, 0.2) is 36.9 Å². The maximum atomic E-state index is 13.1. The van der Waals surface area contributed by atoms with Crippen molar-refractivity contribution in [1.29, 1.82) is 0 Å². The fourth-order valence-electron chi connectivity index (χ4n) is 1.92. The van der Waals surface area contributed by atoms with Crippen LogP contribution in [0.25, 0.3) is 0 Å². The van der Waals surface area contributed by atoms with Crippen LogP contribution >= 0.6 is 0 Å². The number of carbonyl (C=O) groups is 1. The van der Waals surface area contributed by atoms with Gasteiger partial charge in [0.25, 0.3) is 0 Å². The molecule has 110 valence electrons. The van der Waals surface area contributed by atoms with Crippen molar-refractivity contribution in [2.45, 2.75) is 18.6 Å². The minimum absolute atomic E-state index is 0.164. The fraction of sp³-hybridized carbons (Fsp3) is 0.357. The Kier molecular flexibility index (Phi) is 4.94. The summed E-state index contributed by atoms with van der Waals surface area (Å²) in [6.07, 6.45) is -3.10. The maximum absolute atomic E-state index is 13.1. The van der Waals surface area contributed by atoms with Crippen molar-refractivity contribution in [2.24, 2.45) is 0 Å². The first-order valence-electron chi connectivity index (χ1n) is 5.88. The number of esters is 1. The number of ether oxygens (including phenoxy) is 1. The molecular weight excluding hydrogens is 271 g/mol. The third-order valence-electron chi connectivity index (χ3n) is 2.96. The van der Waals surface area contributed by atoms with Crippen molar-refractivity contribution < 1.29 is 22.7 Å². The Bertz CT molecular complexity index is 499. The van der Waals surface area contributed by atoms with E-state index in [0.717, 1.165) is 13.2 Å². The highest BCUT2D eigenvalue weighted by Crippen LogP contribution is 2.37. The summed E-state index contributed by atoms with van der Waals surface area (Å²) < 4.78 is 43.8. The molecule has 1 rings (SSSR count). The highest BCUT2D eigenvalue weighted by atomic mass is 19.4. The fourth-order valence-corrected chi connectivity index (χ4v) is 1.92. The molecule has 3 nitrogen and oxygen atoms in total. The van der Waals surface area contributed by atoms with E-state index >= 15 is 0 Å². The number of rotatable bonds is 5. The largest absolute Gasteiger partial charge is 0.467 e. The molecule has 6 heteroatoms. The van der Waals surface area contributed by atoms with Gasteiger partial charge in [-0.3, -0.25) is 5.32 Å². The number of methoxy groups -OCH3 is 1. The predicted octanol–water partition coefficient (Wildman–Crippen LogP) is 2.87. The standard InChI is InChI=1S/C14H16F3NO2/c1-4-9-18-13(2,12(19)20-3)10-7-5-6-8-11(10)14(15,16)17/h4-8,18H,1,9H2,2-3H3. The van der Waals surface area contributed by atoms with Gasteiger partial charge in [-0.05, 0) is 18.6 Å². The molecule has 1 aromatic carbocycles. The van der Waals surface area contributed by atoms with Crippen molar-refractivity contribution in [3.63, 3.8) is 0 Å². The molecule has 0 saturated carbocycles. The van der Waals surface area contributed by atoms with Gasteiger partial charge in [-0.15, -0.1) is 6.58 Å². The molecule has 0 aliphatic heterocycles. The van der Waals surface area contributed by atoms with Crippen LogP contribution < -0.4 is 5.32 Å². The first-order valence-corrected chi connectivity index (χ1v) is 5.88. The van der Waals surface area contributed by atoms with Crippen molar-refractivity contribution in [2.75, 3.05) is 13.7 Å². The molecule has 1 aromatic rings. The van der Waals surface area contributed by atoms with E-state index in [1.165, 1.54) is 31.2 Å². The molecule has 0 heterocycles. The normalized spacial score (nSPS) is 14.4. The van der Waals surface area contributed by atoms with Gasteiger partial charge in [-0.2, -0.15) is 13.2 Å². The quantitative estimate of drug-likeness (QED) is 0.668. The third-order valence-corrected chi connectivity index (χ3v) is 2.96. The van der Waals surface area contributed by atoms with Crippen LogP contribution in [0.3, 0.4) is 0 Å². The first-order chi connectivity index (χ1) is 9.27. The first kappa shape index (κ1) is 16.2. The van der Waals surface area contributed by atoms with Gasteiger partial charge in [-0.1, -0.05) is 24.3 Å². The van der Waals surface area contributed by atoms with Crippen LogP contribution in [-0.4, -0.2) is 19.6 Å². The Balaban J connectivity index is 3.42. The predicted molar refractivity (Wildman–Crippen MR) is 69.0 cm³/mol. The van der Waals surface area contributed by atoms with E-state index in [4.69, 9.17) is 0 Å². The molecule has 0 bridgehead atoms. The molecule has 1 atom stereocenters. The van der Waals surface area contributed by atoms with Crippen LogP contribution in [0.2, 0.25) is 0 Å². The number of carbonyl (C=O) groups excluding carboxylic acids is 1. The summed E-state index contributed by atoms with van der Waals surface area (Å²) >= 11 is 0. The summed E-state index contributed by atoms with van der Waals surface area (Å²) in [5, 5.41) is 2.73. The van der Waals surface area contributed by atoms with E-state index in [2.05, 4.69) is 16.6 Å². The molecule has 0 aliphatic carbocycles. The zero-order chi connectivity index (χ0) is 15.4. The average Bonchev–Trinajstić information content (AvgIpc) is 2.42. The zero-order valence-electron chi connectivity index (χ0n) is 11.3. The molecular formula is C14H16F3NO2. The molecule has 0 saturated heterocycles. The van der Waals surface area contributed by atoms with Gasteiger partial charge in [0.1, 0.15) is 5.54 Å². The topological polar surface area (TPSA) is 38.3 Å². The smallest absolute Gasteiger partial charge is 0.416 e. The second-order valence-electron chi connectivity index (χ2n) is 4.33. The Hall–Kier alpha value is -1.82. The lowest BCUT2D eigenvalue weighted by atomic mass is 9.87. The van der Waals surface area contributed by atoms with Gasteiger partial charge >= 0.3 is 12.1 Å². The minimum atomic E-state index is -4.55. The molecule has 0 spiro atoms. The summed E-state index contributed by atoms with van der Waals surface area (Å²) in [6, 6.07) is 4.92. The highest BCUT2D eigenvalue weighted by Gasteiger charge is 2.43. The minimum Gasteiger partial charge on any atom is -0.467 e. The summed E-state index contributed by atoms with van der Waals surface area (Å²) in [5.41, 5.74) is -2.65. The van der Waals surface area contributed by atoms with Gasteiger partial charge in [0.2, 0.25) is 0 Å². The number of halogens is 3. The summed E-state index contributed by atoms with van der Waals surface area (Å²) in [5.74, 6) is -0.795. The second kappa shape index (κ2) is 6.09. The number of hydrogen-bond acceptors (Lipinski definition) is 3. The van der Waals surface area contributed by atoms with E-state index in [0.29, 0.717) is 0 Å². The lowest BCUT2D eigenvalue weighted by molar-refractivity contribution is -0.150. The lowest BCUT2D eigenvalue weighted by Crippen LogP contribution is -2.48. The van der Waals surface area contributed by atoms with Crippen LogP contribution in [0, 0.1) is 0 Å². The molecule has 20 heavy (non-hydrogen) atoms. The van der Waals surface area contributed by atoms with Crippen LogP contribution in [0.5, 0.6) is 0 Å². The van der Waals surface area contributed by atoms with Gasteiger partial charge in [0, 0.05) is 6.54 Å². The van der Waals surface area contributed by atoms with E-state index < -0.39 is 23.2 Å². The summed E-state index contributed by atoms with van der Waals surface area (Å²) in [6.45, 7) is 5.00. The van der Waals surface area contributed by atoms with Gasteiger partial charge < -0.3 is 4.74 Å². The van der Waals surface area contributed by atoms with Crippen LogP contribution in [0.1, 0.15) is 18.1 Å². The Morgan fingerprint density at radius 2 is 1.90 bits per heavy atom.